The Kier molecular flexibility index (Phi) is 6.59. The fourth-order valence-electron chi connectivity index (χ4n) is 4.07. The van der Waals surface area contributed by atoms with Gasteiger partial charge >= 0.3 is 18.2 Å². The van der Waals surface area contributed by atoms with Gasteiger partial charge < -0.3 is 19.8 Å². The number of alkyl halides is 3. The van der Waals surface area contributed by atoms with Crippen LogP contribution in [0, 0.1) is 0 Å². The summed E-state index contributed by atoms with van der Waals surface area (Å²) in [5, 5.41) is 7.12. The van der Waals surface area contributed by atoms with Gasteiger partial charge in [0.05, 0.1) is 0 Å². The van der Waals surface area contributed by atoms with E-state index in [1.54, 1.807) is 4.90 Å². The maximum absolute atomic E-state index is 12.3. The second kappa shape index (κ2) is 8.38. The largest absolute Gasteiger partial charge is 0.490 e. The van der Waals surface area contributed by atoms with Crippen LogP contribution >= 0.6 is 0 Å². The molecule has 0 saturated carbocycles. The molecule has 2 aliphatic rings. The lowest BCUT2D eigenvalue weighted by Crippen LogP contribution is -2.57. The first-order chi connectivity index (χ1) is 13.0. The van der Waals surface area contributed by atoms with Gasteiger partial charge in [0.1, 0.15) is 0 Å². The average Bonchev–Trinajstić information content (AvgIpc) is 2.99. The minimum Gasteiger partial charge on any atom is -0.475 e. The van der Waals surface area contributed by atoms with Crippen molar-refractivity contribution in [2.45, 2.75) is 30.5 Å². The van der Waals surface area contributed by atoms with Gasteiger partial charge in [0.15, 0.2) is 0 Å². The number of aliphatic carboxylic acids is 1. The molecule has 0 aliphatic carbocycles. The van der Waals surface area contributed by atoms with Crippen LogP contribution in [-0.4, -0.2) is 84.8 Å². The molecule has 156 valence electrons. The average molecular weight is 401 g/mol. The molecule has 28 heavy (non-hydrogen) atoms. The number of carbonyl (C=O) groups excluding carboxylic acids is 1. The molecule has 2 fully saturated rings. The molecule has 6 nitrogen and oxygen atoms in total. The molecule has 2 heterocycles. The van der Waals surface area contributed by atoms with Crippen LogP contribution in [0.4, 0.5) is 18.0 Å². The highest BCUT2D eigenvalue weighted by Crippen LogP contribution is 2.45. The van der Waals surface area contributed by atoms with Crippen LogP contribution in [-0.2, 0) is 10.2 Å². The number of nitrogens with zero attached hydrogens (tertiary/aromatic N) is 3. The monoisotopic (exact) mass is 401 g/mol. The van der Waals surface area contributed by atoms with E-state index in [9.17, 15) is 18.0 Å². The Morgan fingerprint density at radius 2 is 1.68 bits per heavy atom. The third kappa shape index (κ3) is 4.57. The third-order valence-electron chi connectivity index (χ3n) is 5.55. The lowest BCUT2D eigenvalue weighted by Gasteiger charge is -2.46. The van der Waals surface area contributed by atoms with Crippen molar-refractivity contribution in [1.29, 1.82) is 0 Å². The van der Waals surface area contributed by atoms with Crippen molar-refractivity contribution < 1.29 is 27.9 Å². The summed E-state index contributed by atoms with van der Waals surface area (Å²) in [4.78, 5) is 27.3. The van der Waals surface area contributed by atoms with Crippen molar-refractivity contribution in [3.63, 3.8) is 0 Å². The maximum Gasteiger partial charge on any atom is 0.490 e. The first kappa shape index (κ1) is 22.0. The topological polar surface area (TPSA) is 64.1 Å². The number of carboxylic acid groups (broad SMARTS) is 1. The van der Waals surface area contributed by atoms with Crippen LogP contribution in [0.1, 0.15) is 18.4 Å². The highest BCUT2D eigenvalue weighted by molar-refractivity contribution is 5.74. The summed E-state index contributed by atoms with van der Waals surface area (Å²) in [6, 6.07) is 11.4. The van der Waals surface area contributed by atoms with Crippen LogP contribution in [0.15, 0.2) is 30.3 Å². The summed E-state index contributed by atoms with van der Waals surface area (Å²) in [6.07, 6.45) is -2.83. The number of carboxylic acids is 1. The number of carbonyl (C=O) groups is 2. The predicted molar refractivity (Wildman–Crippen MR) is 98.1 cm³/mol. The van der Waals surface area contributed by atoms with E-state index in [1.807, 2.05) is 19.0 Å². The second-order valence-electron chi connectivity index (χ2n) is 7.44. The van der Waals surface area contributed by atoms with Gasteiger partial charge in [-0.05, 0) is 32.0 Å². The second-order valence-corrected chi connectivity index (χ2v) is 7.44. The Hall–Kier alpha value is -2.29. The standard InChI is InChI=1S/C17H25N3O.C2HF3O2/c1-18(2)16(21)20-12-10-17(14-7-5-4-6-8-14)9-11-19(3)15(17)13-20;3-2(4,5)1(6)7/h4-8,15H,9-13H2,1-3H3;(H,6,7). The normalized spacial score (nSPS) is 24.8. The van der Waals surface area contributed by atoms with Crippen LogP contribution in [0.25, 0.3) is 0 Å². The fourth-order valence-corrected chi connectivity index (χ4v) is 4.07. The van der Waals surface area contributed by atoms with Gasteiger partial charge in [-0.3, -0.25) is 0 Å². The molecule has 2 saturated heterocycles. The van der Waals surface area contributed by atoms with Crippen LogP contribution < -0.4 is 0 Å². The molecule has 3 rings (SSSR count). The predicted octanol–water partition coefficient (Wildman–Crippen LogP) is 2.65. The molecule has 1 aromatic rings. The molecule has 0 bridgehead atoms. The van der Waals surface area contributed by atoms with Gasteiger partial charge in [-0.15, -0.1) is 0 Å². The molecule has 2 unspecified atom stereocenters. The van der Waals surface area contributed by atoms with Gasteiger partial charge in [0.25, 0.3) is 0 Å². The number of urea groups is 1. The Morgan fingerprint density at radius 3 is 2.18 bits per heavy atom. The molecular weight excluding hydrogens is 375 g/mol. The molecule has 2 atom stereocenters. The van der Waals surface area contributed by atoms with E-state index in [0.717, 1.165) is 26.1 Å². The number of likely N-dealkylation sites (N-methyl/N-ethyl adjacent to an activating group) is 1. The highest BCUT2D eigenvalue weighted by Gasteiger charge is 2.50. The fraction of sp³-hybridized carbons (Fsp3) is 0.579. The van der Waals surface area contributed by atoms with Crippen LogP contribution in [0.2, 0.25) is 0 Å². The number of halogens is 3. The maximum atomic E-state index is 12.3. The zero-order valence-electron chi connectivity index (χ0n) is 16.2. The number of fused-ring (bicyclic) bond motifs is 1. The van der Waals surface area contributed by atoms with Crippen LogP contribution in [0.5, 0.6) is 0 Å². The number of benzene rings is 1. The molecule has 1 aromatic carbocycles. The van der Waals surface area contributed by atoms with Crippen molar-refractivity contribution in [3.05, 3.63) is 35.9 Å². The summed E-state index contributed by atoms with van der Waals surface area (Å²) in [7, 11) is 5.86. The minimum absolute atomic E-state index is 0.136. The van der Waals surface area contributed by atoms with Crippen molar-refractivity contribution >= 4 is 12.0 Å². The zero-order valence-corrected chi connectivity index (χ0v) is 16.2. The smallest absolute Gasteiger partial charge is 0.475 e. The molecule has 0 aromatic heterocycles. The molecule has 1 N–H and O–H groups in total. The number of hydrogen-bond donors (Lipinski definition) is 1. The van der Waals surface area contributed by atoms with Crippen molar-refractivity contribution in [2.75, 3.05) is 40.8 Å². The summed E-state index contributed by atoms with van der Waals surface area (Å²) in [5.41, 5.74) is 1.66. The van der Waals surface area contributed by atoms with Gasteiger partial charge in [0.2, 0.25) is 0 Å². The lowest BCUT2D eigenvalue weighted by molar-refractivity contribution is -0.192. The Bertz CT molecular complexity index is 697. The van der Waals surface area contributed by atoms with E-state index in [2.05, 4.69) is 42.3 Å². The molecule has 0 spiro atoms. The number of likely N-dealkylation sites (tertiary alicyclic amines) is 2. The van der Waals surface area contributed by atoms with E-state index in [-0.39, 0.29) is 11.4 Å². The van der Waals surface area contributed by atoms with E-state index in [1.165, 1.54) is 12.0 Å². The van der Waals surface area contributed by atoms with Crippen molar-refractivity contribution in [1.82, 2.24) is 14.7 Å². The Balaban J connectivity index is 0.000000345. The lowest BCUT2D eigenvalue weighted by atomic mass is 9.69. The number of hydrogen-bond acceptors (Lipinski definition) is 3. The van der Waals surface area contributed by atoms with Gasteiger partial charge in [-0.1, -0.05) is 30.3 Å². The summed E-state index contributed by atoms with van der Waals surface area (Å²) in [5.74, 6) is -2.76. The summed E-state index contributed by atoms with van der Waals surface area (Å²) in [6.45, 7) is 2.81. The van der Waals surface area contributed by atoms with Crippen molar-refractivity contribution in [3.8, 4) is 0 Å². The Morgan fingerprint density at radius 1 is 1.14 bits per heavy atom. The van der Waals surface area contributed by atoms with Gasteiger partial charge in [-0.25, -0.2) is 9.59 Å². The minimum atomic E-state index is -5.08. The SMILES string of the molecule is CN(C)C(=O)N1CCC2(c3ccccc3)CCN(C)C2C1.O=C(O)C(F)(F)F. The van der Waals surface area contributed by atoms with Crippen molar-refractivity contribution in [2.24, 2.45) is 0 Å². The zero-order chi connectivity index (χ0) is 21.1. The van der Waals surface area contributed by atoms with E-state index < -0.39 is 12.1 Å². The highest BCUT2D eigenvalue weighted by atomic mass is 19.4. The van der Waals surface area contributed by atoms with Gasteiger partial charge in [0, 0.05) is 38.6 Å². The third-order valence-corrected chi connectivity index (χ3v) is 5.55. The molecule has 2 aliphatic heterocycles. The summed E-state index contributed by atoms with van der Waals surface area (Å²) < 4.78 is 31.7. The molecule has 2 amide bonds. The molecule has 9 heteroatoms. The van der Waals surface area contributed by atoms with E-state index >= 15 is 0 Å². The number of piperidine rings is 1. The number of amides is 2. The van der Waals surface area contributed by atoms with E-state index in [4.69, 9.17) is 9.90 Å². The summed E-state index contributed by atoms with van der Waals surface area (Å²) >= 11 is 0. The van der Waals surface area contributed by atoms with Gasteiger partial charge in [-0.2, -0.15) is 13.2 Å². The first-order valence-corrected chi connectivity index (χ1v) is 9.01. The van der Waals surface area contributed by atoms with Crippen LogP contribution in [0.3, 0.4) is 0 Å². The molecule has 0 radical (unpaired) electrons. The number of rotatable bonds is 1. The quantitative estimate of drug-likeness (QED) is 0.786. The molecular formula is C19H26F3N3O3. The first-order valence-electron chi connectivity index (χ1n) is 9.01. The van der Waals surface area contributed by atoms with E-state index in [0.29, 0.717) is 6.04 Å². The Labute approximate surface area is 162 Å².